The van der Waals surface area contributed by atoms with Crippen LogP contribution >= 0.6 is 0 Å². The third kappa shape index (κ3) is 3.49. The zero-order valence-electron chi connectivity index (χ0n) is 12.6. The van der Waals surface area contributed by atoms with E-state index in [-0.39, 0.29) is 0 Å². The molecular weight excluding hydrogens is 296 g/mol. The molecule has 3 aromatic rings. The first kappa shape index (κ1) is 14.6. The molecule has 0 aliphatic carbocycles. The highest BCUT2D eigenvalue weighted by atomic mass is 16.5. The van der Waals surface area contributed by atoms with Crippen molar-refractivity contribution >= 4 is 11.8 Å². The maximum atomic E-state index is 5.11. The van der Waals surface area contributed by atoms with Crippen LogP contribution in [0.2, 0.25) is 0 Å². The van der Waals surface area contributed by atoms with Crippen LogP contribution in [0.3, 0.4) is 0 Å². The molecule has 0 unspecified atom stereocenters. The molecule has 8 nitrogen and oxygen atoms in total. The quantitative estimate of drug-likeness (QED) is 0.765. The number of aromatic nitrogens is 5. The molecule has 0 aliphatic heterocycles. The van der Waals surface area contributed by atoms with E-state index in [4.69, 9.17) is 9.47 Å². The van der Waals surface area contributed by atoms with Crippen molar-refractivity contribution in [2.24, 2.45) is 0 Å². The van der Waals surface area contributed by atoms with Crippen molar-refractivity contribution < 1.29 is 9.47 Å². The lowest BCUT2D eigenvalue weighted by molar-refractivity contribution is 0.373. The molecule has 3 heterocycles. The largest absolute Gasteiger partial charge is 0.481 e. The first-order valence-electron chi connectivity index (χ1n) is 6.76. The Bertz CT molecular complexity index is 775. The summed E-state index contributed by atoms with van der Waals surface area (Å²) in [6, 6.07) is 7.18. The summed E-state index contributed by atoms with van der Waals surface area (Å²) < 4.78 is 10.2. The summed E-state index contributed by atoms with van der Waals surface area (Å²) in [5, 5.41) is 2.98. The van der Waals surface area contributed by atoms with Crippen molar-refractivity contribution in [2.75, 3.05) is 19.5 Å². The van der Waals surface area contributed by atoms with Gasteiger partial charge < -0.3 is 14.8 Å². The van der Waals surface area contributed by atoms with Gasteiger partial charge in [0.2, 0.25) is 17.7 Å². The van der Waals surface area contributed by atoms with Crippen LogP contribution in [-0.4, -0.2) is 39.1 Å². The van der Waals surface area contributed by atoms with Crippen molar-refractivity contribution in [2.45, 2.75) is 0 Å². The highest BCUT2D eigenvalue weighted by Crippen LogP contribution is 2.20. The molecule has 23 heavy (non-hydrogen) atoms. The van der Waals surface area contributed by atoms with E-state index in [1.165, 1.54) is 14.2 Å². The van der Waals surface area contributed by atoms with E-state index < -0.39 is 0 Å². The zero-order chi connectivity index (χ0) is 16.1. The maximum absolute atomic E-state index is 5.11. The minimum Gasteiger partial charge on any atom is -0.481 e. The first-order valence-corrected chi connectivity index (χ1v) is 6.76. The second-order valence-electron chi connectivity index (χ2n) is 4.41. The monoisotopic (exact) mass is 310 g/mol. The molecule has 0 atom stereocenters. The van der Waals surface area contributed by atoms with Crippen molar-refractivity contribution in [3.05, 3.63) is 42.9 Å². The lowest BCUT2D eigenvalue weighted by atomic mass is 10.3. The Morgan fingerprint density at radius 3 is 2.35 bits per heavy atom. The Hall–Kier alpha value is -3.29. The summed E-state index contributed by atoms with van der Waals surface area (Å²) in [7, 11) is 3.04. The first-order chi connectivity index (χ1) is 11.3. The van der Waals surface area contributed by atoms with Crippen LogP contribution in [0.4, 0.5) is 11.8 Å². The number of ether oxygens (including phenoxy) is 2. The fraction of sp³-hybridized carbons (Fsp3) is 0.133. The number of hydrogen-bond donors (Lipinski definition) is 1. The Morgan fingerprint density at radius 1 is 0.913 bits per heavy atom. The molecule has 3 aromatic heterocycles. The van der Waals surface area contributed by atoms with Crippen LogP contribution in [0, 0.1) is 0 Å². The molecule has 0 radical (unpaired) electrons. The van der Waals surface area contributed by atoms with Crippen molar-refractivity contribution in [1.82, 2.24) is 24.9 Å². The van der Waals surface area contributed by atoms with Crippen molar-refractivity contribution in [3.8, 4) is 23.1 Å². The minimum absolute atomic E-state index is 0.300. The number of nitrogens with zero attached hydrogens (tertiary/aromatic N) is 5. The second-order valence-corrected chi connectivity index (χ2v) is 4.41. The van der Waals surface area contributed by atoms with Gasteiger partial charge in [0, 0.05) is 6.20 Å². The Balaban J connectivity index is 1.89. The second kappa shape index (κ2) is 6.65. The summed E-state index contributed by atoms with van der Waals surface area (Å²) in [5.41, 5.74) is 1.37. The molecule has 0 aliphatic rings. The van der Waals surface area contributed by atoms with Gasteiger partial charge in [-0.1, -0.05) is 6.07 Å². The van der Waals surface area contributed by atoms with Crippen LogP contribution < -0.4 is 14.8 Å². The lowest BCUT2D eigenvalue weighted by Gasteiger charge is -2.08. The van der Waals surface area contributed by atoms with E-state index in [1.807, 2.05) is 18.2 Å². The molecule has 8 heteroatoms. The predicted molar refractivity (Wildman–Crippen MR) is 83.7 cm³/mol. The summed E-state index contributed by atoms with van der Waals surface area (Å²) in [6.45, 7) is 0. The van der Waals surface area contributed by atoms with Gasteiger partial charge in [-0.3, -0.25) is 9.97 Å². The van der Waals surface area contributed by atoms with Gasteiger partial charge >= 0.3 is 0 Å². The minimum atomic E-state index is 0.300. The summed E-state index contributed by atoms with van der Waals surface area (Å²) in [4.78, 5) is 21.2. The lowest BCUT2D eigenvalue weighted by Crippen LogP contribution is -2.03. The molecule has 0 aromatic carbocycles. The third-order valence-electron chi connectivity index (χ3n) is 2.90. The molecule has 1 N–H and O–H groups in total. The fourth-order valence-corrected chi connectivity index (χ4v) is 1.85. The van der Waals surface area contributed by atoms with Crippen LogP contribution in [0.25, 0.3) is 11.4 Å². The Morgan fingerprint density at radius 2 is 1.70 bits per heavy atom. The van der Waals surface area contributed by atoms with Crippen LogP contribution in [-0.2, 0) is 0 Å². The van der Waals surface area contributed by atoms with E-state index in [0.29, 0.717) is 29.2 Å². The van der Waals surface area contributed by atoms with Crippen LogP contribution in [0.1, 0.15) is 0 Å². The van der Waals surface area contributed by atoms with Gasteiger partial charge in [0.05, 0.1) is 38.4 Å². The summed E-state index contributed by atoms with van der Waals surface area (Å²) in [5.74, 6) is 1.55. The highest BCUT2D eigenvalue weighted by Gasteiger charge is 2.08. The number of nitrogens with one attached hydrogen (secondary N) is 1. The predicted octanol–water partition coefficient (Wildman–Crippen LogP) is 2.09. The van der Waals surface area contributed by atoms with Crippen molar-refractivity contribution in [1.29, 1.82) is 0 Å². The average Bonchev–Trinajstić information content (AvgIpc) is 2.62. The smallest absolute Gasteiger partial charge is 0.235 e. The molecule has 0 saturated heterocycles. The summed E-state index contributed by atoms with van der Waals surface area (Å²) in [6.07, 6.45) is 4.91. The normalized spacial score (nSPS) is 10.2. The van der Waals surface area contributed by atoms with Crippen LogP contribution in [0.5, 0.6) is 11.8 Å². The highest BCUT2D eigenvalue weighted by molar-refractivity contribution is 5.57. The molecule has 0 spiro atoms. The standard InChI is InChI=1S/C15H14N6O2/c1-22-13-7-14(23-2)21-15(20-13)19-12-9-16-8-11(18-12)10-5-3-4-6-17-10/h3-9H,1-2H3,(H,18,19,20,21). The topological polar surface area (TPSA) is 94.9 Å². The van der Waals surface area contributed by atoms with Gasteiger partial charge in [-0.25, -0.2) is 4.98 Å². The number of rotatable bonds is 5. The van der Waals surface area contributed by atoms with Gasteiger partial charge in [-0.2, -0.15) is 9.97 Å². The van der Waals surface area contributed by atoms with E-state index in [9.17, 15) is 0 Å². The SMILES string of the molecule is COc1cc(OC)nc(Nc2cncc(-c3ccccn3)n2)n1. The van der Waals surface area contributed by atoms with Gasteiger partial charge in [-0.15, -0.1) is 0 Å². The number of hydrogen-bond acceptors (Lipinski definition) is 8. The maximum Gasteiger partial charge on any atom is 0.235 e. The van der Waals surface area contributed by atoms with E-state index in [1.54, 1.807) is 24.7 Å². The third-order valence-corrected chi connectivity index (χ3v) is 2.90. The molecule has 116 valence electrons. The van der Waals surface area contributed by atoms with Crippen LogP contribution in [0.15, 0.2) is 42.9 Å². The Kier molecular flexibility index (Phi) is 4.23. The van der Waals surface area contributed by atoms with E-state index in [2.05, 4.69) is 30.2 Å². The molecule has 0 fully saturated rings. The van der Waals surface area contributed by atoms with Gasteiger partial charge in [-0.05, 0) is 12.1 Å². The van der Waals surface area contributed by atoms with Gasteiger partial charge in [0.25, 0.3) is 0 Å². The zero-order valence-corrected chi connectivity index (χ0v) is 12.6. The Labute approximate surface area is 132 Å². The molecular formula is C15H14N6O2. The molecule has 3 rings (SSSR count). The number of anilines is 2. The average molecular weight is 310 g/mol. The number of pyridine rings is 1. The van der Waals surface area contributed by atoms with Crippen molar-refractivity contribution in [3.63, 3.8) is 0 Å². The fourth-order valence-electron chi connectivity index (χ4n) is 1.85. The molecule has 0 saturated carbocycles. The van der Waals surface area contributed by atoms with E-state index in [0.717, 1.165) is 5.69 Å². The molecule has 0 bridgehead atoms. The summed E-state index contributed by atoms with van der Waals surface area (Å²) >= 11 is 0. The van der Waals surface area contributed by atoms with Gasteiger partial charge in [0.1, 0.15) is 5.69 Å². The van der Waals surface area contributed by atoms with E-state index >= 15 is 0 Å². The number of methoxy groups -OCH3 is 2. The molecule has 0 amide bonds. The van der Waals surface area contributed by atoms with Gasteiger partial charge in [0.15, 0.2) is 5.82 Å².